The first kappa shape index (κ1) is 18.7. The first-order chi connectivity index (χ1) is 12.1. The topological polar surface area (TPSA) is 122 Å². The second-order valence-electron chi connectivity index (χ2n) is 4.95. The molecule has 2 rings (SSSR count). The number of alkyl halides is 3. The van der Waals surface area contributed by atoms with E-state index in [9.17, 15) is 32.9 Å². The standard InChI is InChI=1S/C15H10F3N3O5/c16-15(17,18)8-2-1-3-9(6-8)19-14(24)20-12-5-4-10(21(25)26)7-11(12)13(22)23/h1-7H,(H,22,23)(H2,19,20,24). The number of carbonyl (C=O) groups is 2. The summed E-state index contributed by atoms with van der Waals surface area (Å²) in [5.74, 6) is -1.52. The van der Waals surface area contributed by atoms with Crippen molar-refractivity contribution in [3.8, 4) is 0 Å². The Morgan fingerprint density at radius 2 is 1.77 bits per heavy atom. The minimum atomic E-state index is -4.59. The van der Waals surface area contributed by atoms with E-state index in [-0.39, 0.29) is 11.4 Å². The van der Waals surface area contributed by atoms with Gasteiger partial charge < -0.3 is 15.7 Å². The molecule has 0 unspecified atom stereocenters. The number of amides is 2. The summed E-state index contributed by atoms with van der Waals surface area (Å²) in [5, 5.41) is 24.0. The number of hydrogen-bond acceptors (Lipinski definition) is 4. The van der Waals surface area contributed by atoms with Gasteiger partial charge in [-0.3, -0.25) is 10.1 Å². The highest BCUT2D eigenvalue weighted by Crippen LogP contribution is 2.30. The molecule has 0 heterocycles. The van der Waals surface area contributed by atoms with Crippen molar-refractivity contribution in [1.29, 1.82) is 0 Å². The Kier molecular flexibility index (Phi) is 5.10. The van der Waals surface area contributed by atoms with Crippen molar-refractivity contribution < 1.29 is 32.8 Å². The summed E-state index contributed by atoms with van der Waals surface area (Å²) >= 11 is 0. The lowest BCUT2D eigenvalue weighted by Gasteiger charge is -2.12. The molecule has 26 heavy (non-hydrogen) atoms. The number of rotatable bonds is 4. The van der Waals surface area contributed by atoms with Crippen molar-refractivity contribution in [2.45, 2.75) is 6.18 Å². The number of carboxylic acid groups (broad SMARTS) is 1. The molecule has 0 fully saturated rings. The van der Waals surface area contributed by atoms with Crippen molar-refractivity contribution in [2.75, 3.05) is 10.6 Å². The number of anilines is 2. The first-order valence-corrected chi connectivity index (χ1v) is 6.85. The Balaban J connectivity index is 2.20. The number of non-ortho nitro benzene ring substituents is 1. The fraction of sp³-hybridized carbons (Fsp3) is 0.0667. The van der Waals surface area contributed by atoms with Crippen LogP contribution in [0.3, 0.4) is 0 Å². The zero-order valence-electron chi connectivity index (χ0n) is 12.7. The Labute approximate surface area is 143 Å². The van der Waals surface area contributed by atoms with Gasteiger partial charge in [-0.2, -0.15) is 13.2 Å². The molecule has 2 aromatic carbocycles. The van der Waals surface area contributed by atoms with Gasteiger partial charge in [-0.05, 0) is 24.3 Å². The van der Waals surface area contributed by atoms with Crippen LogP contribution in [0, 0.1) is 10.1 Å². The van der Waals surface area contributed by atoms with Crippen LogP contribution < -0.4 is 10.6 Å². The van der Waals surface area contributed by atoms with E-state index in [1.165, 1.54) is 6.07 Å². The van der Waals surface area contributed by atoms with Crippen LogP contribution in [0.5, 0.6) is 0 Å². The molecular formula is C15H10F3N3O5. The van der Waals surface area contributed by atoms with E-state index in [2.05, 4.69) is 10.6 Å². The van der Waals surface area contributed by atoms with Gasteiger partial charge in [-0.25, -0.2) is 9.59 Å². The minimum absolute atomic E-state index is 0.170. The van der Waals surface area contributed by atoms with Gasteiger partial charge in [0.1, 0.15) is 0 Å². The number of nitro groups is 1. The molecule has 0 atom stereocenters. The van der Waals surface area contributed by atoms with E-state index in [4.69, 9.17) is 5.11 Å². The molecule has 2 aromatic rings. The van der Waals surface area contributed by atoms with E-state index in [0.29, 0.717) is 6.07 Å². The van der Waals surface area contributed by atoms with E-state index in [1.54, 1.807) is 0 Å². The highest BCUT2D eigenvalue weighted by atomic mass is 19.4. The molecule has 136 valence electrons. The maximum absolute atomic E-state index is 12.6. The van der Waals surface area contributed by atoms with Crippen LogP contribution in [0.25, 0.3) is 0 Å². The Morgan fingerprint density at radius 1 is 1.08 bits per heavy atom. The molecule has 0 aliphatic carbocycles. The summed E-state index contributed by atoms with van der Waals surface area (Å²) < 4.78 is 37.9. The van der Waals surface area contributed by atoms with Crippen LogP contribution in [0.1, 0.15) is 15.9 Å². The number of urea groups is 1. The minimum Gasteiger partial charge on any atom is -0.478 e. The highest BCUT2D eigenvalue weighted by Gasteiger charge is 2.30. The van der Waals surface area contributed by atoms with Crippen LogP contribution in [0.4, 0.5) is 35.0 Å². The van der Waals surface area contributed by atoms with Crippen molar-refractivity contribution in [1.82, 2.24) is 0 Å². The van der Waals surface area contributed by atoms with E-state index < -0.39 is 39.9 Å². The lowest BCUT2D eigenvalue weighted by atomic mass is 10.1. The molecular weight excluding hydrogens is 359 g/mol. The average Bonchev–Trinajstić information content (AvgIpc) is 2.54. The molecule has 2 amide bonds. The molecule has 0 aliphatic heterocycles. The normalized spacial score (nSPS) is 10.9. The Morgan fingerprint density at radius 3 is 2.35 bits per heavy atom. The summed E-state index contributed by atoms with van der Waals surface area (Å²) in [6, 6.07) is 5.55. The molecule has 8 nitrogen and oxygen atoms in total. The van der Waals surface area contributed by atoms with Crippen molar-refractivity contribution in [3.63, 3.8) is 0 Å². The fourth-order valence-electron chi connectivity index (χ4n) is 1.99. The van der Waals surface area contributed by atoms with Crippen LogP contribution in [0.2, 0.25) is 0 Å². The van der Waals surface area contributed by atoms with Crippen LogP contribution in [0.15, 0.2) is 42.5 Å². The number of nitrogens with one attached hydrogen (secondary N) is 2. The molecule has 3 N–H and O–H groups in total. The first-order valence-electron chi connectivity index (χ1n) is 6.85. The molecule has 0 saturated carbocycles. The number of carbonyl (C=O) groups excluding carboxylic acids is 1. The third kappa shape index (κ3) is 4.47. The lowest BCUT2D eigenvalue weighted by Crippen LogP contribution is -2.21. The number of carboxylic acids is 1. The quantitative estimate of drug-likeness (QED) is 0.556. The number of nitro benzene ring substituents is 1. The SMILES string of the molecule is O=C(Nc1cccc(C(F)(F)F)c1)Nc1ccc([N+](=O)[O-])cc1C(=O)O. The van der Waals surface area contributed by atoms with Crippen LogP contribution in [-0.2, 0) is 6.18 Å². The number of nitrogens with zero attached hydrogens (tertiary/aromatic N) is 1. The van der Waals surface area contributed by atoms with Gasteiger partial charge in [-0.1, -0.05) is 6.07 Å². The van der Waals surface area contributed by atoms with Crippen LogP contribution in [-0.4, -0.2) is 22.0 Å². The molecule has 0 saturated heterocycles. The average molecular weight is 369 g/mol. The smallest absolute Gasteiger partial charge is 0.416 e. The van der Waals surface area contributed by atoms with Crippen molar-refractivity contribution in [3.05, 3.63) is 63.7 Å². The molecule has 11 heteroatoms. The third-order valence-electron chi connectivity index (χ3n) is 3.14. The monoisotopic (exact) mass is 369 g/mol. The predicted octanol–water partition coefficient (Wildman–Crippen LogP) is 3.96. The van der Waals surface area contributed by atoms with Crippen molar-refractivity contribution >= 4 is 29.1 Å². The summed E-state index contributed by atoms with van der Waals surface area (Å²) in [6.07, 6.45) is -4.59. The number of benzene rings is 2. The van der Waals surface area contributed by atoms with E-state index in [1.807, 2.05) is 0 Å². The van der Waals surface area contributed by atoms with Gasteiger partial charge in [0, 0.05) is 17.8 Å². The third-order valence-corrected chi connectivity index (χ3v) is 3.14. The highest BCUT2D eigenvalue weighted by molar-refractivity contribution is 6.05. The zero-order valence-corrected chi connectivity index (χ0v) is 12.7. The zero-order chi connectivity index (χ0) is 19.5. The van der Waals surface area contributed by atoms with Crippen molar-refractivity contribution in [2.24, 2.45) is 0 Å². The molecule has 0 bridgehead atoms. The number of halogens is 3. The summed E-state index contributed by atoms with van der Waals surface area (Å²) in [5.41, 5.74) is -2.44. The largest absolute Gasteiger partial charge is 0.478 e. The van der Waals surface area contributed by atoms with E-state index >= 15 is 0 Å². The van der Waals surface area contributed by atoms with Gasteiger partial charge in [0.05, 0.1) is 21.7 Å². The van der Waals surface area contributed by atoms with Gasteiger partial charge in [0.15, 0.2) is 0 Å². The predicted molar refractivity (Wildman–Crippen MR) is 84.1 cm³/mol. The number of hydrogen-bond donors (Lipinski definition) is 3. The van der Waals surface area contributed by atoms with Crippen LogP contribution >= 0.6 is 0 Å². The second kappa shape index (κ2) is 7.09. The fourth-order valence-corrected chi connectivity index (χ4v) is 1.99. The lowest BCUT2D eigenvalue weighted by molar-refractivity contribution is -0.384. The maximum atomic E-state index is 12.6. The second-order valence-corrected chi connectivity index (χ2v) is 4.95. The Bertz CT molecular complexity index is 883. The molecule has 0 radical (unpaired) electrons. The van der Waals surface area contributed by atoms with Gasteiger partial charge >= 0.3 is 18.2 Å². The molecule has 0 spiro atoms. The van der Waals surface area contributed by atoms with Gasteiger partial charge in [0.25, 0.3) is 5.69 Å². The van der Waals surface area contributed by atoms with Gasteiger partial charge in [-0.15, -0.1) is 0 Å². The van der Waals surface area contributed by atoms with E-state index in [0.717, 1.165) is 30.3 Å². The summed E-state index contributed by atoms with van der Waals surface area (Å²) in [4.78, 5) is 33.0. The molecule has 0 aromatic heterocycles. The maximum Gasteiger partial charge on any atom is 0.416 e. The molecule has 0 aliphatic rings. The summed E-state index contributed by atoms with van der Waals surface area (Å²) in [7, 11) is 0. The Hall–Kier alpha value is -3.63. The van der Waals surface area contributed by atoms with Gasteiger partial charge in [0.2, 0.25) is 0 Å². The number of aromatic carboxylic acids is 1. The summed E-state index contributed by atoms with van der Waals surface area (Å²) in [6.45, 7) is 0.